The predicted octanol–water partition coefficient (Wildman–Crippen LogP) is 3.26. The third-order valence-corrected chi connectivity index (χ3v) is 6.78. The Bertz CT molecular complexity index is 900. The molecule has 0 spiro atoms. The molecule has 0 radical (unpaired) electrons. The molecule has 1 atom stereocenters. The van der Waals surface area contributed by atoms with Crippen molar-refractivity contribution in [3.05, 3.63) is 54.0 Å². The number of rotatable bonds is 7. The summed E-state index contributed by atoms with van der Waals surface area (Å²) in [6.45, 7) is 3.08. The minimum Gasteiger partial charge on any atom is -0.496 e. The van der Waals surface area contributed by atoms with Crippen molar-refractivity contribution in [3.63, 3.8) is 0 Å². The lowest BCUT2D eigenvalue weighted by atomic mass is 9.94. The summed E-state index contributed by atoms with van der Waals surface area (Å²) in [7, 11) is 3.44. The number of carbonyl (C=O) groups is 2. The molecule has 1 saturated carbocycles. The lowest BCUT2D eigenvalue weighted by Crippen LogP contribution is -2.58. The molecule has 2 aromatic rings. The smallest absolute Gasteiger partial charge is 0.257 e. The number of ether oxygens (including phenoxy) is 1. The van der Waals surface area contributed by atoms with Crippen LogP contribution in [-0.2, 0) is 11.3 Å². The fourth-order valence-corrected chi connectivity index (χ4v) is 5.06. The molecule has 0 N–H and O–H groups in total. The van der Waals surface area contributed by atoms with E-state index < -0.39 is 0 Å². The van der Waals surface area contributed by atoms with E-state index in [1.165, 1.54) is 12.8 Å². The molecule has 4 rings (SSSR count). The monoisotopic (exact) mass is 439 g/mol. The summed E-state index contributed by atoms with van der Waals surface area (Å²) < 4.78 is 10.8. The van der Waals surface area contributed by atoms with Crippen LogP contribution in [0.5, 0.6) is 5.75 Å². The molecule has 1 aromatic carbocycles. The summed E-state index contributed by atoms with van der Waals surface area (Å²) in [5.74, 6) is 1.90. The highest BCUT2D eigenvalue weighted by Crippen LogP contribution is 2.32. The van der Waals surface area contributed by atoms with Crippen LogP contribution in [0.25, 0.3) is 0 Å². The number of amides is 2. The third kappa shape index (κ3) is 4.83. The molecule has 1 aliphatic carbocycles. The first-order chi connectivity index (χ1) is 15.6. The average molecular weight is 440 g/mol. The van der Waals surface area contributed by atoms with Gasteiger partial charge in [-0.25, -0.2) is 0 Å². The molecule has 1 aliphatic heterocycles. The fourth-order valence-electron chi connectivity index (χ4n) is 5.06. The van der Waals surface area contributed by atoms with Crippen LogP contribution in [0, 0.1) is 5.92 Å². The number of hydrogen-bond donors (Lipinski definition) is 0. The van der Waals surface area contributed by atoms with Crippen molar-refractivity contribution in [2.75, 3.05) is 40.3 Å². The van der Waals surface area contributed by atoms with Crippen LogP contribution in [0.2, 0.25) is 0 Å². The fraction of sp³-hybridized carbons (Fsp3) is 0.520. The van der Waals surface area contributed by atoms with Gasteiger partial charge in [0.05, 0.1) is 31.5 Å². The molecule has 1 aromatic heterocycles. The lowest BCUT2D eigenvalue weighted by Gasteiger charge is -2.42. The van der Waals surface area contributed by atoms with E-state index >= 15 is 0 Å². The first-order valence-corrected chi connectivity index (χ1v) is 11.5. The first-order valence-electron chi connectivity index (χ1n) is 11.5. The van der Waals surface area contributed by atoms with Gasteiger partial charge in [0.15, 0.2) is 0 Å². The van der Waals surface area contributed by atoms with Crippen molar-refractivity contribution >= 4 is 11.8 Å². The molecule has 172 valence electrons. The summed E-state index contributed by atoms with van der Waals surface area (Å²) in [4.78, 5) is 32.5. The SMILES string of the molecule is COc1ccccc1C(=O)N1CCN(C(C(=O)N(C)Cc2ccco2)C2CCCC2)CC1. The Morgan fingerprint density at radius 1 is 1.09 bits per heavy atom. The highest BCUT2D eigenvalue weighted by Gasteiger charge is 2.39. The summed E-state index contributed by atoms with van der Waals surface area (Å²) in [6.07, 6.45) is 6.18. The van der Waals surface area contributed by atoms with Gasteiger partial charge in [0.1, 0.15) is 11.5 Å². The Morgan fingerprint density at radius 3 is 2.47 bits per heavy atom. The van der Waals surface area contributed by atoms with Crippen LogP contribution in [0.1, 0.15) is 41.8 Å². The van der Waals surface area contributed by atoms with Crippen molar-refractivity contribution in [2.45, 2.75) is 38.3 Å². The quantitative estimate of drug-likeness (QED) is 0.663. The van der Waals surface area contributed by atoms with Crippen LogP contribution in [0.15, 0.2) is 47.1 Å². The van der Waals surface area contributed by atoms with E-state index in [0.717, 1.165) is 18.6 Å². The van der Waals surface area contributed by atoms with E-state index in [1.54, 1.807) is 18.3 Å². The molecule has 2 aliphatic rings. The molecular formula is C25H33N3O4. The number of hydrogen-bond acceptors (Lipinski definition) is 5. The first kappa shape index (κ1) is 22.4. The molecule has 2 heterocycles. The normalized spacial score (nSPS) is 18.5. The Balaban J connectivity index is 1.43. The maximum Gasteiger partial charge on any atom is 0.257 e. The van der Waals surface area contributed by atoms with Gasteiger partial charge < -0.3 is 19.0 Å². The van der Waals surface area contributed by atoms with Crippen molar-refractivity contribution < 1.29 is 18.7 Å². The van der Waals surface area contributed by atoms with E-state index in [2.05, 4.69) is 4.90 Å². The number of benzene rings is 1. The van der Waals surface area contributed by atoms with Gasteiger partial charge >= 0.3 is 0 Å². The Hall–Kier alpha value is -2.80. The predicted molar refractivity (Wildman–Crippen MR) is 121 cm³/mol. The molecule has 7 heteroatoms. The molecular weight excluding hydrogens is 406 g/mol. The highest BCUT2D eigenvalue weighted by atomic mass is 16.5. The molecule has 1 saturated heterocycles. The van der Waals surface area contributed by atoms with Crippen LogP contribution >= 0.6 is 0 Å². The standard InChI is InChI=1S/C25H33N3O4/c1-26(18-20-10-7-17-32-20)25(30)23(19-8-3-4-9-19)27-13-15-28(16-14-27)24(29)21-11-5-6-12-22(21)31-2/h5-7,10-12,17,19,23H,3-4,8-9,13-16,18H2,1-2H3. The number of furan rings is 1. The van der Waals surface area contributed by atoms with Gasteiger partial charge in [0.25, 0.3) is 5.91 Å². The van der Waals surface area contributed by atoms with Crippen LogP contribution in [0.4, 0.5) is 0 Å². The second-order valence-electron chi connectivity index (χ2n) is 8.79. The van der Waals surface area contributed by atoms with Crippen LogP contribution < -0.4 is 4.74 Å². The van der Waals surface area contributed by atoms with E-state index in [1.807, 2.05) is 48.3 Å². The number of likely N-dealkylation sites (N-methyl/N-ethyl adjacent to an activating group) is 1. The van der Waals surface area contributed by atoms with Crippen molar-refractivity contribution in [3.8, 4) is 5.75 Å². The number of methoxy groups -OCH3 is 1. The zero-order chi connectivity index (χ0) is 22.5. The Labute approximate surface area is 189 Å². The van der Waals surface area contributed by atoms with Crippen molar-refractivity contribution in [1.82, 2.24) is 14.7 Å². The van der Waals surface area contributed by atoms with Gasteiger partial charge in [0, 0.05) is 33.2 Å². The van der Waals surface area contributed by atoms with Gasteiger partial charge in [0.2, 0.25) is 5.91 Å². The summed E-state index contributed by atoms with van der Waals surface area (Å²) in [5, 5.41) is 0. The molecule has 7 nitrogen and oxygen atoms in total. The van der Waals surface area contributed by atoms with Crippen LogP contribution in [-0.4, -0.2) is 72.9 Å². The van der Waals surface area contributed by atoms with Crippen molar-refractivity contribution in [1.29, 1.82) is 0 Å². The van der Waals surface area contributed by atoms with E-state index in [0.29, 0.717) is 50.0 Å². The molecule has 1 unspecified atom stereocenters. The van der Waals surface area contributed by atoms with Crippen LogP contribution in [0.3, 0.4) is 0 Å². The topological polar surface area (TPSA) is 66.2 Å². The van der Waals surface area contributed by atoms with Gasteiger partial charge in [-0.3, -0.25) is 14.5 Å². The maximum absolute atomic E-state index is 13.5. The minimum atomic E-state index is -0.138. The van der Waals surface area contributed by atoms with Gasteiger partial charge in [-0.2, -0.15) is 0 Å². The van der Waals surface area contributed by atoms with Gasteiger partial charge in [-0.1, -0.05) is 25.0 Å². The summed E-state index contributed by atoms with van der Waals surface area (Å²) >= 11 is 0. The Kier molecular flexibility index (Phi) is 7.15. The molecule has 2 amide bonds. The summed E-state index contributed by atoms with van der Waals surface area (Å²) in [6, 6.07) is 11.0. The number of para-hydroxylation sites is 1. The van der Waals surface area contributed by atoms with E-state index in [9.17, 15) is 9.59 Å². The lowest BCUT2D eigenvalue weighted by molar-refractivity contribution is -0.139. The van der Waals surface area contributed by atoms with Crippen molar-refractivity contribution in [2.24, 2.45) is 5.92 Å². The Morgan fingerprint density at radius 2 is 1.81 bits per heavy atom. The second kappa shape index (κ2) is 10.2. The number of carbonyl (C=O) groups excluding carboxylic acids is 2. The molecule has 0 bridgehead atoms. The zero-order valence-corrected chi connectivity index (χ0v) is 19.0. The number of piperazine rings is 1. The minimum absolute atomic E-state index is 0.0132. The second-order valence-corrected chi connectivity index (χ2v) is 8.79. The maximum atomic E-state index is 13.5. The zero-order valence-electron chi connectivity index (χ0n) is 19.0. The van der Waals surface area contributed by atoms with Gasteiger partial charge in [-0.15, -0.1) is 0 Å². The van der Waals surface area contributed by atoms with E-state index in [-0.39, 0.29) is 17.9 Å². The highest BCUT2D eigenvalue weighted by molar-refractivity contribution is 5.97. The number of nitrogens with zero attached hydrogens (tertiary/aromatic N) is 3. The molecule has 32 heavy (non-hydrogen) atoms. The van der Waals surface area contributed by atoms with Gasteiger partial charge in [-0.05, 0) is 43.0 Å². The van der Waals surface area contributed by atoms with E-state index in [4.69, 9.17) is 9.15 Å². The third-order valence-electron chi connectivity index (χ3n) is 6.78. The average Bonchev–Trinajstić information content (AvgIpc) is 3.54. The summed E-state index contributed by atoms with van der Waals surface area (Å²) in [5.41, 5.74) is 0.588. The largest absolute Gasteiger partial charge is 0.496 e. The molecule has 2 fully saturated rings.